The van der Waals surface area contributed by atoms with Gasteiger partial charge >= 0.3 is 0 Å². The fourth-order valence-corrected chi connectivity index (χ4v) is 6.42. The van der Waals surface area contributed by atoms with Gasteiger partial charge in [-0.3, -0.25) is 14.2 Å². The van der Waals surface area contributed by atoms with Crippen molar-refractivity contribution in [1.82, 2.24) is 9.27 Å². The predicted octanol–water partition coefficient (Wildman–Crippen LogP) is 4.69. The fourth-order valence-electron chi connectivity index (χ4n) is 5.63. The number of benzene rings is 2. The van der Waals surface area contributed by atoms with E-state index in [1.807, 2.05) is 0 Å². The summed E-state index contributed by atoms with van der Waals surface area (Å²) in [5, 5.41) is 1.28. The van der Waals surface area contributed by atoms with E-state index in [0.29, 0.717) is 12.0 Å². The van der Waals surface area contributed by atoms with Gasteiger partial charge < -0.3 is 4.90 Å². The first kappa shape index (κ1) is 27.7. The molecule has 5 rings (SSSR count). The van der Waals surface area contributed by atoms with Crippen molar-refractivity contribution in [3.63, 3.8) is 0 Å². The number of anilines is 1. The first-order valence-corrected chi connectivity index (χ1v) is 15.3. The number of fused-ring (bicyclic) bond motifs is 2. The Morgan fingerprint density at radius 1 is 0.973 bits per heavy atom. The van der Waals surface area contributed by atoms with Gasteiger partial charge in [-0.15, -0.1) is 0 Å². The van der Waals surface area contributed by atoms with Gasteiger partial charge in [0.15, 0.2) is 5.78 Å². The molecule has 1 N–H and O–H groups in total. The van der Waals surface area contributed by atoms with Crippen LogP contribution in [-0.2, 0) is 32.2 Å². The molecular weight excluding hydrogens is 506 g/mol. The largest absolute Gasteiger partial charge is 0.353 e. The molecule has 7 nitrogen and oxygen atoms in total. The number of hydrogen-bond acceptors (Lipinski definition) is 7. The number of aryl methyl sites for hydroxylation is 1. The van der Waals surface area contributed by atoms with Crippen LogP contribution in [-0.4, -0.2) is 67.0 Å². The second-order valence-electron chi connectivity index (χ2n) is 11.1. The van der Waals surface area contributed by atoms with Gasteiger partial charge in [0.2, 0.25) is 0 Å². The van der Waals surface area contributed by atoms with Gasteiger partial charge in [0, 0.05) is 42.4 Å². The predicted molar refractivity (Wildman–Crippen MR) is 152 cm³/mol. The minimum atomic E-state index is -3.67. The first-order valence-electron chi connectivity index (χ1n) is 12.7. The molecule has 3 aromatic rings. The van der Waals surface area contributed by atoms with Crippen LogP contribution in [0.4, 0.5) is 5.82 Å². The first-order chi connectivity index (χ1) is 17.3. The maximum Gasteiger partial charge on any atom is 0.261 e. The maximum atomic E-state index is 12.9. The summed E-state index contributed by atoms with van der Waals surface area (Å²) in [6.45, 7) is 13.7. The van der Waals surface area contributed by atoms with Gasteiger partial charge in [0.1, 0.15) is 5.82 Å². The summed E-state index contributed by atoms with van der Waals surface area (Å²) < 4.78 is 31.9. The molecule has 200 valence electrons. The monoisotopic (exact) mass is 543 g/mol. The Labute approximate surface area is 224 Å². The van der Waals surface area contributed by atoms with Gasteiger partial charge in [-0.2, -0.15) is 12.8 Å². The summed E-state index contributed by atoms with van der Waals surface area (Å²) in [7, 11) is -3.67. The van der Waals surface area contributed by atoms with Crippen LogP contribution in [0.25, 0.3) is 10.1 Å². The van der Waals surface area contributed by atoms with Crippen LogP contribution in [0.1, 0.15) is 50.8 Å². The Hall–Kier alpha value is -2.33. The number of carbonyl (C=O) groups excluding carboxylic acids is 1. The lowest BCUT2D eigenvalue weighted by atomic mass is 9.80. The highest BCUT2D eigenvalue weighted by molar-refractivity contribution is 7.85. The number of carbonyl (C=O) groups is 1. The van der Waals surface area contributed by atoms with Crippen molar-refractivity contribution < 1.29 is 17.8 Å². The van der Waals surface area contributed by atoms with E-state index >= 15 is 0 Å². The third-order valence-corrected chi connectivity index (χ3v) is 8.35. The molecule has 9 heteroatoms. The molecule has 0 bridgehead atoms. The topological polar surface area (TPSA) is 90.8 Å². The molecular formula is C28H37N3O4S2. The Morgan fingerprint density at radius 2 is 1.59 bits per heavy atom. The summed E-state index contributed by atoms with van der Waals surface area (Å²) in [6.07, 6.45) is 2.93. The zero-order valence-electron chi connectivity index (χ0n) is 22.3. The molecule has 1 fully saturated rings. The Balaban J connectivity index is 0.000000586. The van der Waals surface area contributed by atoms with Gasteiger partial charge in [0.05, 0.1) is 11.0 Å². The van der Waals surface area contributed by atoms with E-state index in [4.69, 9.17) is 8.93 Å². The summed E-state index contributed by atoms with van der Waals surface area (Å²) in [5.74, 6) is 1.49. The Morgan fingerprint density at radius 3 is 2.27 bits per heavy atom. The second-order valence-corrected chi connectivity index (χ2v) is 13.4. The third-order valence-electron chi connectivity index (χ3n) is 7.54. The Kier molecular flexibility index (Phi) is 7.82. The third kappa shape index (κ3) is 6.06. The highest BCUT2D eigenvalue weighted by Gasteiger charge is 2.50. The van der Waals surface area contributed by atoms with Crippen LogP contribution in [0, 0.1) is 0 Å². The molecule has 37 heavy (non-hydrogen) atoms. The lowest BCUT2D eigenvalue weighted by Gasteiger charge is -2.35. The van der Waals surface area contributed by atoms with E-state index in [-0.39, 0.29) is 10.8 Å². The van der Waals surface area contributed by atoms with E-state index in [0.717, 1.165) is 51.4 Å². The number of nitrogens with zero attached hydrogens (tertiary/aromatic N) is 3. The number of Topliss-reactive ketones (excluding diaryl/α,β-unsaturated/α-hetero) is 1. The molecule has 2 aromatic carbocycles. The van der Waals surface area contributed by atoms with Crippen LogP contribution < -0.4 is 4.90 Å². The quantitative estimate of drug-likeness (QED) is 0.467. The molecule has 0 saturated carbocycles. The van der Waals surface area contributed by atoms with Crippen molar-refractivity contribution in [2.24, 2.45) is 0 Å². The highest BCUT2D eigenvalue weighted by atomic mass is 32.2. The number of hydrogen-bond donors (Lipinski definition) is 1. The molecule has 2 aliphatic rings. The van der Waals surface area contributed by atoms with E-state index in [2.05, 4.69) is 80.0 Å². The normalized spacial score (nSPS) is 19.0. The van der Waals surface area contributed by atoms with Crippen molar-refractivity contribution in [3.8, 4) is 0 Å². The average molecular weight is 544 g/mol. The molecule has 0 spiro atoms. The van der Waals surface area contributed by atoms with Crippen molar-refractivity contribution in [1.29, 1.82) is 0 Å². The average Bonchev–Trinajstić information content (AvgIpc) is 3.31. The van der Waals surface area contributed by atoms with Gasteiger partial charge in [-0.25, -0.2) is 0 Å². The molecule has 0 unspecified atom stereocenters. The standard InChI is InChI=1S/C27H33N3OS.CH4O3S/c1-26(2)21-12-11-19(18-22(21)27(3,4)25(26)31)8-7-13-29-14-16-30(17-15-29)24-20-9-5-6-10-23(20)32-28-24;1-5(2,3)4/h5-6,9-12,18H,7-8,13-17H2,1-4H3;1H3,(H,2,3,4). The summed E-state index contributed by atoms with van der Waals surface area (Å²) in [4.78, 5) is 17.9. The summed E-state index contributed by atoms with van der Waals surface area (Å²) >= 11 is 1.60. The summed E-state index contributed by atoms with van der Waals surface area (Å²) in [5.41, 5.74) is 3.04. The second kappa shape index (κ2) is 10.4. The Bertz CT molecular complexity index is 1380. The van der Waals surface area contributed by atoms with Gasteiger partial charge in [-0.05, 0) is 87.4 Å². The van der Waals surface area contributed by atoms with Crippen LogP contribution in [0.2, 0.25) is 0 Å². The van der Waals surface area contributed by atoms with E-state index in [1.165, 1.54) is 26.8 Å². The minimum Gasteiger partial charge on any atom is -0.353 e. The van der Waals surface area contributed by atoms with E-state index < -0.39 is 10.1 Å². The molecule has 1 saturated heterocycles. The molecule has 0 amide bonds. The lowest BCUT2D eigenvalue weighted by Crippen LogP contribution is -2.46. The maximum absolute atomic E-state index is 12.9. The van der Waals surface area contributed by atoms with Gasteiger partial charge in [-0.1, -0.05) is 30.3 Å². The number of piperazine rings is 1. The van der Waals surface area contributed by atoms with Crippen molar-refractivity contribution in [3.05, 3.63) is 59.2 Å². The minimum absolute atomic E-state index is 0.336. The number of aromatic nitrogens is 1. The fraction of sp³-hybridized carbons (Fsp3) is 0.500. The number of rotatable bonds is 5. The molecule has 0 atom stereocenters. The van der Waals surface area contributed by atoms with Crippen LogP contribution in [0.3, 0.4) is 0 Å². The van der Waals surface area contributed by atoms with Crippen molar-refractivity contribution in [2.75, 3.05) is 43.9 Å². The summed E-state index contributed by atoms with van der Waals surface area (Å²) in [6, 6.07) is 15.3. The molecule has 1 aliphatic carbocycles. The van der Waals surface area contributed by atoms with Gasteiger partial charge in [0.25, 0.3) is 10.1 Å². The zero-order chi connectivity index (χ0) is 27.0. The number of ketones is 1. The molecule has 0 radical (unpaired) electrons. The molecule has 1 aliphatic heterocycles. The SMILES string of the molecule is CC1(C)C(=O)C(C)(C)c2cc(CCCN3CCN(c4nsc5ccccc45)CC3)ccc21.CS(=O)(=O)O. The van der Waals surface area contributed by atoms with Crippen LogP contribution in [0.5, 0.6) is 0 Å². The lowest BCUT2D eigenvalue weighted by molar-refractivity contribution is -0.126. The van der Waals surface area contributed by atoms with Crippen LogP contribution >= 0.6 is 11.5 Å². The molecule has 1 aromatic heterocycles. The van der Waals surface area contributed by atoms with E-state index in [1.54, 1.807) is 11.5 Å². The van der Waals surface area contributed by atoms with Crippen molar-refractivity contribution in [2.45, 2.75) is 51.4 Å². The van der Waals surface area contributed by atoms with Crippen molar-refractivity contribution >= 4 is 43.3 Å². The van der Waals surface area contributed by atoms with E-state index in [9.17, 15) is 13.2 Å². The van der Waals surface area contributed by atoms with Crippen LogP contribution in [0.15, 0.2) is 42.5 Å². The smallest absolute Gasteiger partial charge is 0.261 e. The zero-order valence-corrected chi connectivity index (χ0v) is 24.0. The highest BCUT2D eigenvalue weighted by Crippen LogP contribution is 2.46. The molecule has 2 heterocycles.